The minimum Gasteiger partial charge on any atom is -0.497 e. The van der Waals surface area contributed by atoms with Gasteiger partial charge in [-0.05, 0) is 41.3 Å². The molecule has 1 amide bonds. The maximum absolute atomic E-state index is 11.4. The smallest absolute Gasteiger partial charge is 0.224 e. The van der Waals surface area contributed by atoms with Gasteiger partial charge in [0.2, 0.25) is 5.91 Å². The van der Waals surface area contributed by atoms with Crippen LogP contribution in [0.15, 0.2) is 42.5 Å². The van der Waals surface area contributed by atoms with Crippen molar-refractivity contribution in [3.8, 4) is 5.75 Å². The van der Waals surface area contributed by atoms with Gasteiger partial charge in [0.05, 0.1) is 13.2 Å². The van der Waals surface area contributed by atoms with Crippen LogP contribution >= 0.6 is 0 Å². The van der Waals surface area contributed by atoms with Crippen molar-refractivity contribution in [3.05, 3.63) is 59.2 Å². The molecule has 4 heteroatoms. The Bertz CT molecular complexity index is 682. The van der Waals surface area contributed by atoms with Gasteiger partial charge in [-0.2, -0.15) is 0 Å². The highest BCUT2D eigenvalue weighted by atomic mass is 16.5. The molecular weight excluding hydrogens is 264 g/mol. The van der Waals surface area contributed by atoms with E-state index in [-0.39, 0.29) is 11.9 Å². The molecule has 0 bridgehead atoms. The summed E-state index contributed by atoms with van der Waals surface area (Å²) in [4.78, 5) is 11.4. The van der Waals surface area contributed by atoms with Gasteiger partial charge < -0.3 is 15.8 Å². The molecule has 3 rings (SSSR count). The van der Waals surface area contributed by atoms with Crippen LogP contribution in [0, 0.1) is 0 Å². The normalized spacial score (nSPS) is 15.0. The Morgan fingerprint density at radius 3 is 2.76 bits per heavy atom. The number of anilines is 1. The van der Waals surface area contributed by atoms with E-state index in [1.54, 1.807) is 7.11 Å². The molecule has 1 aliphatic heterocycles. The fourth-order valence-electron chi connectivity index (χ4n) is 2.62. The number of benzene rings is 2. The van der Waals surface area contributed by atoms with Gasteiger partial charge in [-0.15, -0.1) is 0 Å². The molecule has 4 nitrogen and oxygen atoms in total. The molecule has 1 aliphatic rings. The zero-order valence-corrected chi connectivity index (χ0v) is 11.9. The van der Waals surface area contributed by atoms with E-state index in [0.717, 1.165) is 34.5 Å². The standard InChI is InChI=1S/C17H18N2O2/c1-21-14-4-2-3-12(10-14)17(18)13-5-7-15-11(9-13)6-8-16(20)19-15/h2-5,7,9-10,17H,6,8,18H2,1H3,(H,19,20). The van der Waals surface area contributed by atoms with Crippen molar-refractivity contribution in [1.29, 1.82) is 0 Å². The zero-order valence-electron chi connectivity index (χ0n) is 11.9. The summed E-state index contributed by atoms with van der Waals surface area (Å²) in [5.74, 6) is 0.875. The average Bonchev–Trinajstić information content (AvgIpc) is 2.53. The number of hydrogen-bond acceptors (Lipinski definition) is 3. The minimum atomic E-state index is -0.206. The number of nitrogens with one attached hydrogen (secondary N) is 1. The molecule has 0 spiro atoms. The van der Waals surface area contributed by atoms with Gasteiger partial charge in [0, 0.05) is 12.1 Å². The molecule has 1 atom stereocenters. The summed E-state index contributed by atoms with van der Waals surface area (Å²) in [6.07, 6.45) is 1.30. The molecule has 1 heterocycles. The topological polar surface area (TPSA) is 64.3 Å². The van der Waals surface area contributed by atoms with Crippen LogP contribution in [0.4, 0.5) is 5.69 Å². The first-order chi connectivity index (χ1) is 10.2. The van der Waals surface area contributed by atoms with E-state index in [1.165, 1.54) is 0 Å². The minimum absolute atomic E-state index is 0.0762. The number of rotatable bonds is 3. The van der Waals surface area contributed by atoms with Crippen LogP contribution in [0.2, 0.25) is 0 Å². The molecule has 21 heavy (non-hydrogen) atoms. The molecule has 0 saturated carbocycles. The van der Waals surface area contributed by atoms with Gasteiger partial charge in [-0.1, -0.05) is 24.3 Å². The molecule has 2 aromatic rings. The van der Waals surface area contributed by atoms with Crippen molar-refractivity contribution in [1.82, 2.24) is 0 Å². The fraction of sp³-hybridized carbons (Fsp3) is 0.235. The molecule has 2 aromatic carbocycles. The zero-order chi connectivity index (χ0) is 14.8. The van der Waals surface area contributed by atoms with E-state index in [0.29, 0.717) is 6.42 Å². The van der Waals surface area contributed by atoms with Crippen molar-refractivity contribution in [2.24, 2.45) is 5.73 Å². The highest BCUT2D eigenvalue weighted by Gasteiger charge is 2.17. The predicted octanol–water partition coefficient (Wildman–Crippen LogP) is 2.63. The van der Waals surface area contributed by atoms with Crippen molar-refractivity contribution < 1.29 is 9.53 Å². The third-order valence-electron chi connectivity index (χ3n) is 3.84. The second kappa shape index (κ2) is 5.58. The third-order valence-corrected chi connectivity index (χ3v) is 3.84. The molecule has 1 unspecified atom stereocenters. The van der Waals surface area contributed by atoms with E-state index in [2.05, 4.69) is 11.4 Å². The summed E-state index contributed by atoms with van der Waals surface area (Å²) in [7, 11) is 1.65. The highest BCUT2D eigenvalue weighted by molar-refractivity contribution is 5.93. The first-order valence-electron chi connectivity index (χ1n) is 6.99. The predicted molar refractivity (Wildman–Crippen MR) is 82.4 cm³/mol. The lowest BCUT2D eigenvalue weighted by molar-refractivity contribution is -0.116. The maximum atomic E-state index is 11.4. The lowest BCUT2D eigenvalue weighted by Gasteiger charge is -2.20. The van der Waals surface area contributed by atoms with Crippen LogP contribution in [0.5, 0.6) is 5.75 Å². The number of fused-ring (bicyclic) bond motifs is 1. The molecule has 3 N–H and O–H groups in total. The van der Waals surface area contributed by atoms with Crippen LogP contribution < -0.4 is 15.8 Å². The van der Waals surface area contributed by atoms with E-state index < -0.39 is 0 Å². The lowest BCUT2D eigenvalue weighted by Crippen LogP contribution is -2.20. The van der Waals surface area contributed by atoms with Gasteiger partial charge in [-0.3, -0.25) is 4.79 Å². The van der Waals surface area contributed by atoms with Gasteiger partial charge in [-0.25, -0.2) is 0 Å². The Labute approximate surface area is 123 Å². The number of carbonyl (C=O) groups excluding carboxylic acids is 1. The van der Waals surface area contributed by atoms with Crippen molar-refractivity contribution >= 4 is 11.6 Å². The quantitative estimate of drug-likeness (QED) is 0.909. The molecule has 0 aliphatic carbocycles. The molecule has 0 saturated heterocycles. The van der Waals surface area contributed by atoms with Gasteiger partial charge >= 0.3 is 0 Å². The number of methoxy groups -OCH3 is 1. The van der Waals surface area contributed by atoms with Crippen LogP contribution in [0.25, 0.3) is 0 Å². The first-order valence-corrected chi connectivity index (χ1v) is 6.99. The van der Waals surface area contributed by atoms with Crippen molar-refractivity contribution in [2.75, 3.05) is 12.4 Å². The largest absolute Gasteiger partial charge is 0.497 e. The Balaban J connectivity index is 1.91. The summed E-state index contributed by atoms with van der Waals surface area (Å²) in [6, 6.07) is 13.6. The summed E-state index contributed by atoms with van der Waals surface area (Å²) >= 11 is 0. The van der Waals surface area contributed by atoms with Crippen LogP contribution in [0.3, 0.4) is 0 Å². The molecule has 0 fully saturated rings. The summed E-state index contributed by atoms with van der Waals surface area (Å²) in [5.41, 5.74) is 10.4. The van der Waals surface area contributed by atoms with E-state index >= 15 is 0 Å². The van der Waals surface area contributed by atoms with Gasteiger partial charge in [0.1, 0.15) is 5.75 Å². The van der Waals surface area contributed by atoms with E-state index in [9.17, 15) is 4.79 Å². The van der Waals surface area contributed by atoms with Gasteiger partial charge in [0.15, 0.2) is 0 Å². The average molecular weight is 282 g/mol. The highest BCUT2D eigenvalue weighted by Crippen LogP contribution is 2.29. The van der Waals surface area contributed by atoms with Crippen LogP contribution in [-0.4, -0.2) is 13.0 Å². The molecule has 0 aromatic heterocycles. The Kier molecular flexibility index (Phi) is 3.62. The van der Waals surface area contributed by atoms with E-state index in [4.69, 9.17) is 10.5 Å². The number of aryl methyl sites for hydroxylation is 1. The molecule has 108 valence electrons. The van der Waals surface area contributed by atoms with E-state index in [1.807, 2.05) is 36.4 Å². The third kappa shape index (κ3) is 2.76. The fourth-order valence-corrected chi connectivity index (χ4v) is 2.62. The number of amides is 1. The monoisotopic (exact) mass is 282 g/mol. The number of nitrogens with two attached hydrogens (primary N) is 1. The Hall–Kier alpha value is -2.33. The van der Waals surface area contributed by atoms with Crippen molar-refractivity contribution in [2.45, 2.75) is 18.9 Å². The maximum Gasteiger partial charge on any atom is 0.224 e. The number of ether oxygens (including phenoxy) is 1. The number of carbonyl (C=O) groups is 1. The molecular formula is C17H18N2O2. The first kappa shape index (κ1) is 13.6. The summed E-state index contributed by atoms with van der Waals surface area (Å²) < 4.78 is 5.24. The van der Waals surface area contributed by atoms with Gasteiger partial charge in [0.25, 0.3) is 0 Å². The Morgan fingerprint density at radius 1 is 1.14 bits per heavy atom. The summed E-state index contributed by atoms with van der Waals surface area (Å²) in [6.45, 7) is 0. The van der Waals surface area contributed by atoms with Crippen LogP contribution in [0.1, 0.15) is 29.2 Å². The SMILES string of the molecule is COc1cccc(C(N)c2ccc3c(c2)CCC(=O)N3)c1. The second-order valence-electron chi connectivity index (χ2n) is 5.22. The second-order valence-corrected chi connectivity index (χ2v) is 5.22. The Morgan fingerprint density at radius 2 is 1.95 bits per heavy atom. The number of hydrogen-bond donors (Lipinski definition) is 2. The lowest BCUT2D eigenvalue weighted by atomic mass is 9.94. The molecule has 0 radical (unpaired) electrons. The van der Waals surface area contributed by atoms with Crippen LogP contribution in [-0.2, 0) is 11.2 Å². The van der Waals surface area contributed by atoms with Crippen molar-refractivity contribution in [3.63, 3.8) is 0 Å². The summed E-state index contributed by atoms with van der Waals surface area (Å²) in [5, 5.41) is 2.88.